The Bertz CT molecular complexity index is 586. The molecule has 18 heavy (non-hydrogen) atoms. The minimum Gasteiger partial charge on any atom is -0.305 e. The van der Waals surface area contributed by atoms with E-state index >= 15 is 0 Å². The van der Waals surface area contributed by atoms with E-state index in [1.54, 1.807) is 12.1 Å². The van der Waals surface area contributed by atoms with Gasteiger partial charge in [-0.05, 0) is 34.5 Å². The molecule has 0 unspecified atom stereocenters. The first kappa shape index (κ1) is 13.0. The fourth-order valence-corrected chi connectivity index (χ4v) is 1.80. The molecule has 1 aromatic heterocycles. The number of anilines is 1. The molecule has 1 aromatic carbocycles. The predicted octanol–water partition coefficient (Wildman–Crippen LogP) is 3.45. The fraction of sp³-hybridized carbons (Fsp3) is 0.0833. The van der Waals surface area contributed by atoms with Gasteiger partial charge in [-0.1, -0.05) is 23.7 Å². The fourth-order valence-electron chi connectivity index (χ4n) is 1.38. The van der Waals surface area contributed by atoms with Crippen LogP contribution < -0.4 is 5.32 Å². The van der Waals surface area contributed by atoms with Gasteiger partial charge in [0.2, 0.25) is 0 Å². The normalized spacial score (nSPS) is 10.2. The molecule has 92 valence electrons. The van der Waals surface area contributed by atoms with Crippen molar-refractivity contribution in [3.05, 3.63) is 51.3 Å². The lowest BCUT2D eigenvalue weighted by atomic mass is 10.1. The topological polar surface area (TPSA) is 54.9 Å². The number of benzene rings is 1. The van der Waals surface area contributed by atoms with E-state index in [4.69, 9.17) is 11.6 Å². The maximum Gasteiger partial charge on any atom is 0.258 e. The zero-order valence-electron chi connectivity index (χ0n) is 9.45. The van der Waals surface area contributed by atoms with Crippen LogP contribution in [0.25, 0.3) is 0 Å². The van der Waals surface area contributed by atoms with Crippen molar-refractivity contribution in [3.8, 4) is 0 Å². The SMILES string of the molecule is Cc1cccc(C(=O)Nc2cnc(Br)cn2)c1Cl. The van der Waals surface area contributed by atoms with Crippen LogP contribution in [0.4, 0.5) is 5.82 Å². The standard InChI is InChI=1S/C12H9BrClN3O/c1-7-3-2-4-8(11(7)14)12(18)17-10-6-15-9(13)5-16-10/h2-6H,1H3,(H,16,17,18). The number of hydrogen-bond acceptors (Lipinski definition) is 3. The number of amides is 1. The van der Waals surface area contributed by atoms with Crippen LogP contribution in [0.15, 0.2) is 35.2 Å². The highest BCUT2D eigenvalue weighted by atomic mass is 79.9. The molecule has 0 fully saturated rings. The Morgan fingerprint density at radius 3 is 2.78 bits per heavy atom. The second-order valence-electron chi connectivity index (χ2n) is 3.61. The number of nitrogens with one attached hydrogen (secondary N) is 1. The molecule has 0 radical (unpaired) electrons. The quantitative estimate of drug-likeness (QED) is 0.919. The lowest BCUT2D eigenvalue weighted by Gasteiger charge is -2.07. The number of carbonyl (C=O) groups excluding carboxylic acids is 1. The molecule has 2 rings (SSSR count). The van der Waals surface area contributed by atoms with E-state index in [2.05, 4.69) is 31.2 Å². The van der Waals surface area contributed by atoms with Gasteiger partial charge in [-0.2, -0.15) is 0 Å². The molecule has 1 N–H and O–H groups in total. The van der Waals surface area contributed by atoms with E-state index in [1.165, 1.54) is 12.4 Å². The van der Waals surface area contributed by atoms with Crippen molar-refractivity contribution in [2.75, 3.05) is 5.32 Å². The lowest BCUT2D eigenvalue weighted by Crippen LogP contribution is -2.14. The molecule has 0 saturated heterocycles. The summed E-state index contributed by atoms with van der Waals surface area (Å²) >= 11 is 9.25. The Balaban J connectivity index is 2.22. The third-order valence-corrected chi connectivity index (χ3v) is 3.21. The van der Waals surface area contributed by atoms with E-state index in [9.17, 15) is 4.79 Å². The van der Waals surface area contributed by atoms with Crippen LogP contribution in [0.2, 0.25) is 5.02 Å². The molecular formula is C12H9BrClN3O. The van der Waals surface area contributed by atoms with Gasteiger partial charge in [-0.25, -0.2) is 9.97 Å². The zero-order chi connectivity index (χ0) is 13.1. The summed E-state index contributed by atoms with van der Waals surface area (Å²) in [6.07, 6.45) is 2.97. The maximum absolute atomic E-state index is 12.0. The molecule has 1 amide bonds. The summed E-state index contributed by atoms with van der Waals surface area (Å²) in [5.74, 6) is 0.0705. The predicted molar refractivity (Wildman–Crippen MR) is 73.9 cm³/mol. The molecule has 0 aliphatic rings. The highest BCUT2D eigenvalue weighted by molar-refractivity contribution is 9.10. The second kappa shape index (κ2) is 5.46. The van der Waals surface area contributed by atoms with Crippen LogP contribution in [-0.2, 0) is 0 Å². The molecule has 6 heteroatoms. The molecule has 0 spiro atoms. The highest BCUT2D eigenvalue weighted by Gasteiger charge is 2.12. The molecule has 0 aliphatic carbocycles. The number of rotatable bonds is 2. The number of carbonyl (C=O) groups is 1. The van der Waals surface area contributed by atoms with Crippen LogP contribution in [0.5, 0.6) is 0 Å². The van der Waals surface area contributed by atoms with Crippen LogP contribution in [-0.4, -0.2) is 15.9 Å². The first-order valence-corrected chi connectivity index (χ1v) is 6.29. The van der Waals surface area contributed by atoms with E-state index in [0.717, 1.165) is 5.56 Å². The summed E-state index contributed by atoms with van der Waals surface area (Å²) in [6, 6.07) is 5.29. The summed E-state index contributed by atoms with van der Waals surface area (Å²) < 4.78 is 0.606. The molecule has 0 saturated carbocycles. The van der Waals surface area contributed by atoms with Crippen LogP contribution in [0.3, 0.4) is 0 Å². The van der Waals surface area contributed by atoms with Gasteiger partial charge in [0, 0.05) is 0 Å². The molecule has 0 aliphatic heterocycles. The van der Waals surface area contributed by atoms with Gasteiger partial charge in [-0.15, -0.1) is 0 Å². The van der Waals surface area contributed by atoms with Crippen molar-refractivity contribution < 1.29 is 4.79 Å². The smallest absolute Gasteiger partial charge is 0.258 e. The van der Waals surface area contributed by atoms with Gasteiger partial charge in [0.15, 0.2) is 5.82 Å². The Kier molecular flexibility index (Phi) is 3.93. The van der Waals surface area contributed by atoms with E-state index in [1.807, 2.05) is 13.0 Å². The number of nitrogens with zero attached hydrogens (tertiary/aromatic N) is 2. The second-order valence-corrected chi connectivity index (χ2v) is 4.81. The zero-order valence-corrected chi connectivity index (χ0v) is 11.8. The molecule has 4 nitrogen and oxygen atoms in total. The van der Waals surface area contributed by atoms with Crippen LogP contribution >= 0.6 is 27.5 Å². The van der Waals surface area contributed by atoms with Gasteiger partial charge in [0.05, 0.1) is 23.0 Å². The number of halogens is 2. The van der Waals surface area contributed by atoms with Crippen molar-refractivity contribution in [2.45, 2.75) is 6.92 Å². The van der Waals surface area contributed by atoms with Gasteiger partial charge in [0.1, 0.15) is 4.60 Å². The first-order valence-electron chi connectivity index (χ1n) is 5.12. The number of aromatic nitrogens is 2. The summed E-state index contributed by atoms with van der Waals surface area (Å²) in [4.78, 5) is 20.0. The minimum absolute atomic E-state index is 0.305. The van der Waals surface area contributed by atoms with Crippen molar-refractivity contribution in [2.24, 2.45) is 0 Å². The van der Waals surface area contributed by atoms with Gasteiger partial charge < -0.3 is 5.32 Å². The summed E-state index contributed by atoms with van der Waals surface area (Å²) in [5.41, 5.74) is 1.27. The van der Waals surface area contributed by atoms with E-state index < -0.39 is 0 Å². The summed E-state index contributed by atoms with van der Waals surface area (Å²) in [6.45, 7) is 1.85. The Morgan fingerprint density at radius 2 is 2.11 bits per heavy atom. The number of aryl methyl sites for hydroxylation is 1. The Morgan fingerprint density at radius 1 is 1.33 bits per heavy atom. The Hall–Kier alpha value is -1.46. The van der Waals surface area contributed by atoms with Crippen LogP contribution in [0, 0.1) is 6.92 Å². The van der Waals surface area contributed by atoms with Crippen molar-refractivity contribution in [3.63, 3.8) is 0 Å². The summed E-state index contributed by atoms with van der Waals surface area (Å²) in [5, 5.41) is 3.08. The third-order valence-electron chi connectivity index (χ3n) is 2.30. The lowest BCUT2D eigenvalue weighted by molar-refractivity contribution is 0.102. The average molecular weight is 327 g/mol. The largest absolute Gasteiger partial charge is 0.305 e. The third kappa shape index (κ3) is 2.86. The average Bonchev–Trinajstić information content (AvgIpc) is 2.35. The van der Waals surface area contributed by atoms with E-state index in [0.29, 0.717) is 21.0 Å². The minimum atomic E-state index is -0.305. The van der Waals surface area contributed by atoms with Crippen molar-refractivity contribution in [1.82, 2.24) is 9.97 Å². The van der Waals surface area contributed by atoms with Crippen molar-refractivity contribution in [1.29, 1.82) is 0 Å². The molecule has 2 aromatic rings. The Labute approximate surface area is 118 Å². The van der Waals surface area contributed by atoms with E-state index in [-0.39, 0.29) is 5.91 Å². The van der Waals surface area contributed by atoms with Crippen LogP contribution in [0.1, 0.15) is 15.9 Å². The highest BCUT2D eigenvalue weighted by Crippen LogP contribution is 2.21. The molecule has 0 atom stereocenters. The van der Waals surface area contributed by atoms with Crippen molar-refractivity contribution >= 4 is 39.3 Å². The number of hydrogen-bond donors (Lipinski definition) is 1. The molecular weight excluding hydrogens is 318 g/mol. The monoisotopic (exact) mass is 325 g/mol. The van der Waals surface area contributed by atoms with Gasteiger partial charge in [0.25, 0.3) is 5.91 Å². The van der Waals surface area contributed by atoms with Gasteiger partial charge in [-0.3, -0.25) is 4.79 Å². The van der Waals surface area contributed by atoms with Gasteiger partial charge >= 0.3 is 0 Å². The summed E-state index contributed by atoms with van der Waals surface area (Å²) in [7, 11) is 0. The molecule has 0 bridgehead atoms. The first-order chi connectivity index (χ1) is 8.58. The molecule has 1 heterocycles. The maximum atomic E-state index is 12.0.